The fraction of sp³-hybridized carbons (Fsp3) is 0.154. The summed E-state index contributed by atoms with van der Waals surface area (Å²) in [4.78, 5) is 0. The number of nitriles is 1. The topological polar surface area (TPSA) is 46.5 Å². The minimum Gasteiger partial charge on any atom is -0.341 e. The lowest BCUT2D eigenvalue weighted by Crippen LogP contribution is -2.04. The molecule has 0 fully saturated rings. The van der Waals surface area contributed by atoms with E-state index in [0.717, 1.165) is 52.6 Å². The lowest BCUT2D eigenvalue weighted by molar-refractivity contribution is 0.629. The molecular weight excluding hydrogens is 387 g/mol. The zero-order valence-corrected chi connectivity index (χ0v) is 17.2. The highest BCUT2D eigenvalue weighted by Crippen LogP contribution is 2.31. The lowest BCUT2D eigenvalue weighted by Gasteiger charge is -2.09. The maximum Gasteiger partial charge on any atom is 0.123 e. The van der Waals surface area contributed by atoms with Gasteiger partial charge in [-0.25, -0.2) is 9.07 Å². The van der Waals surface area contributed by atoms with Crippen LogP contribution >= 0.6 is 0 Å². The van der Waals surface area contributed by atoms with Crippen molar-refractivity contribution in [2.75, 3.05) is 0 Å². The molecule has 0 saturated heterocycles. The number of aromatic nitrogens is 3. The van der Waals surface area contributed by atoms with Gasteiger partial charge in [-0.05, 0) is 79.9 Å². The second-order valence-corrected chi connectivity index (χ2v) is 7.65. The fourth-order valence-corrected chi connectivity index (χ4v) is 4.31. The second kappa shape index (κ2) is 7.73. The quantitative estimate of drug-likeness (QED) is 0.369. The zero-order valence-electron chi connectivity index (χ0n) is 17.2. The normalized spacial score (nSPS) is 11.3. The summed E-state index contributed by atoms with van der Waals surface area (Å²) in [5, 5.41) is 15.5. The average molecular weight is 408 g/mol. The third kappa shape index (κ3) is 3.36. The van der Waals surface area contributed by atoms with E-state index in [1.807, 2.05) is 47.3 Å². The molecule has 0 bridgehead atoms. The van der Waals surface area contributed by atoms with Crippen molar-refractivity contribution in [2.45, 2.75) is 26.3 Å². The van der Waals surface area contributed by atoms with Crippen molar-refractivity contribution in [1.29, 1.82) is 5.26 Å². The Morgan fingerprint density at radius 2 is 1.65 bits per heavy atom. The second-order valence-electron chi connectivity index (χ2n) is 7.65. The van der Waals surface area contributed by atoms with Gasteiger partial charge in [0.1, 0.15) is 5.82 Å². The van der Waals surface area contributed by atoms with Crippen LogP contribution in [0, 0.1) is 17.1 Å². The standard InChI is InChI=1S/C26H21FN4/c1-2-30-25-11-8-20(27)15-23(25)24-16-22(10-12-26(24)30)31-21(13-14-29-31)9-7-18-3-5-19(17-28)6-4-18/h3-6,8,10-16H,2,7,9H2,1H3. The van der Waals surface area contributed by atoms with Crippen LogP contribution in [0.5, 0.6) is 0 Å². The summed E-state index contributed by atoms with van der Waals surface area (Å²) in [6, 6.07) is 23.1. The van der Waals surface area contributed by atoms with E-state index >= 15 is 0 Å². The van der Waals surface area contributed by atoms with Crippen molar-refractivity contribution in [3.63, 3.8) is 0 Å². The molecule has 2 aromatic heterocycles. The number of benzene rings is 3. The third-order valence-electron chi connectivity index (χ3n) is 5.85. The Bertz CT molecular complexity index is 1430. The number of hydrogen-bond donors (Lipinski definition) is 0. The summed E-state index contributed by atoms with van der Waals surface area (Å²) in [5.74, 6) is -0.227. The van der Waals surface area contributed by atoms with E-state index in [4.69, 9.17) is 5.26 Å². The van der Waals surface area contributed by atoms with E-state index in [-0.39, 0.29) is 5.82 Å². The van der Waals surface area contributed by atoms with Crippen LogP contribution in [0.3, 0.4) is 0 Å². The maximum atomic E-state index is 14.0. The smallest absolute Gasteiger partial charge is 0.123 e. The molecule has 5 aromatic rings. The van der Waals surface area contributed by atoms with Crippen LogP contribution in [0.2, 0.25) is 0 Å². The molecule has 0 radical (unpaired) electrons. The molecule has 0 unspecified atom stereocenters. The van der Waals surface area contributed by atoms with Crippen molar-refractivity contribution >= 4 is 21.8 Å². The van der Waals surface area contributed by atoms with Gasteiger partial charge in [0.15, 0.2) is 0 Å². The highest BCUT2D eigenvalue weighted by Gasteiger charge is 2.13. The minimum absolute atomic E-state index is 0.227. The number of hydrogen-bond acceptors (Lipinski definition) is 2. The average Bonchev–Trinajstić information content (AvgIpc) is 3.39. The first-order chi connectivity index (χ1) is 15.2. The summed E-state index contributed by atoms with van der Waals surface area (Å²) in [6.45, 7) is 2.92. The summed E-state index contributed by atoms with van der Waals surface area (Å²) >= 11 is 0. The minimum atomic E-state index is -0.227. The van der Waals surface area contributed by atoms with Crippen molar-refractivity contribution in [1.82, 2.24) is 14.3 Å². The number of nitrogens with zero attached hydrogens (tertiary/aromatic N) is 4. The first-order valence-corrected chi connectivity index (χ1v) is 10.4. The summed E-state index contributed by atoms with van der Waals surface area (Å²) in [6.07, 6.45) is 3.50. The van der Waals surface area contributed by atoms with E-state index < -0.39 is 0 Å². The van der Waals surface area contributed by atoms with Crippen LogP contribution in [0.4, 0.5) is 4.39 Å². The molecule has 5 rings (SSSR count). The SMILES string of the molecule is CCn1c2ccc(F)cc2c2cc(-n3nccc3CCc3ccc(C#N)cc3)ccc21. The van der Waals surface area contributed by atoms with Crippen molar-refractivity contribution in [3.8, 4) is 11.8 Å². The Hall–Kier alpha value is -3.91. The molecule has 0 amide bonds. The molecule has 0 aliphatic rings. The Morgan fingerprint density at radius 3 is 2.39 bits per heavy atom. The number of aryl methyl sites for hydroxylation is 3. The molecule has 5 heteroatoms. The van der Waals surface area contributed by atoms with Gasteiger partial charge in [0.2, 0.25) is 0 Å². The number of fused-ring (bicyclic) bond motifs is 3. The zero-order chi connectivity index (χ0) is 21.4. The van der Waals surface area contributed by atoms with Gasteiger partial charge in [0.05, 0.1) is 17.3 Å². The number of halogens is 1. The summed E-state index contributed by atoms with van der Waals surface area (Å²) < 4.78 is 18.1. The Labute approximate surface area is 179 Å². The molecule has 0 saturated carbocycles. The molecule has 0 N–H and O–H groups in total. The predicted molar refractivity (Wildman–Crippen MR) is 121 cm³/mol. The van der Waals surface area contributed by atoms with E-state index in [2.05, 4.69) is 40.9 Å². The van der Waals surface area contributed by atoms with Gasteiger partial charge < -0.3 is 4.57 Å². The molecule has 0 aliphatic carbocycles. The molecule has 3 aromatic carbocycles. The fourth-order valence-electron chi connectivity index (χ4n) is 4.31. The van der Waals surface area contributed by atoms with E-state index in [1.165, 1.54) is 11.6 Å². The van der Waals surface area contributed by atoms with E-state index in [9.17, 15) is 4.39 Å². The Balaban J connectivity index is 1.51. The Kier molecular flexibility index (Phi) is 4.76. The van der Waals surface area contributed by atoms with Crippen LogP contribution in [-0.2, 0) is 19.4 Å². The van der Waals surface area contributed by atoms with Gasteiger partial charge >= 0.3 is 0 Å². The van der Waals surface area contributed by atoms with Gasteiger partial charge in [-0.1, -0.05) is 12.1 Å². The lowest BCUT2D eigenvalue weighted by atomic mass is 10.1. The molecule has 0 spiro atoms. The monoisotopic (exact) mass is 408 g/mol. The molecule has 2 heterocycles. The van der Waals surface area contributed by atoms with E-state index in [1.54, 1.807) is 6.07 Å². The first-order valence-electron chi connectivity index (χ1n) is 10.4. The number of rotatable bonds is 5. The van der Waals surface area contributed by atoms with Crippen molar-refractivity contribution < 1.29 is 4.39 Å². The molecule has 152 valence electrons. The van der Waals surface area contributed by atoms with Crippen LogP contribution in [-0.4, -0.2) is 14.3 Å². The highest BCUT2D eigenvalue weighted by molar-refractivity contribution is 6.08. The first kappa shape index (κ1) is 19.1. The predicted octanol–water partition coefficient (Wildman–Crippen LogP) is 5.80. The maximum absolute atomic E-state index is 14.0. The summed E-state index contributed by atoms with van der Waals surface area (Å²) in [7, 11) is 0. The summed E-state index contributed by atoms with van der Waals surface area (Å²) in [5.41, 5.74) is 6.06. The van der Waals surface area contributed by atoms with Gasteiger partial charge in [-0.15, -0.1) is 0 Å². The highest BCUT2D eigenvalue weighted by atomic mass is 19.1. The van der Waals surface area contributed by atoms with Crippen molar-refractivity contribution in [2.24, 2.45) is 0 Å². The molecule has 0 atom stereocenters. The van der Waals surface area contributed by atoms with Crippen LogP contribution in [0.1, 0.15) is 23.7 Å². The van der Waals surface area contributed by atoms with Crippen LogP contribution in [0.15, 0.2) is 72.9 Å². The van der Waals surface area contributed by atoms with Gasteiger partial charge in [-0.2, -0.15) is 10.4 Å². The van der Waals surface area contributed by atoms with Crippen LogP contribution < -0.4 is 0 Å². The van der Waals surface area contributed by atoms with Crippen LogP contribution in [0.25, 0.3) is 27.5 Å². The molecular formula is C26H21FN4. The Morgan fingerprint density at radius 1 is 0.903 bits per heavy atom. The molecule has 4 nitrogen and oxygen atoms in total. The molecule has 31 heavy (non-hydrogen) atoms. The third-order valence-corrected chi connectivity index (χ3v) is 5.85. The largest absolute Gasteiger partial charge is 0.341 e. The van der Waals surface area contributed by atoms with Crippen molar-refractivity contribution in [3.05, 3.63) is 95.6 Å². The van der Waals surface area contributed by atoms with Gasteiger partial charge in [0.25, 0.3) is 0 Å². The van der Waals surface area contributed by atoms with Gasteiger partial charge in [-0.3, -0.25) is 0 Å². The molecule has 0 aliphatic heterocycles. The van der Waals surface area contributed by atoms with Gasteiger partial charge in [0, 0.05) is 40.2 Å². The van der Waals surface area contributed by atoms with E-state index in [0.29, 0.717) is 5.56 Å².